The molecule has 2 atom stereocenters. The van der Waals surface area contributed by atoms with E-state index in [1.807, 2.05) is 13.0 Å². The van der Waals surface area contributed by atoms with E-state index in [2.05, 4.69) is 0 Å². The van der Waals surface area contributed by atoms with E-state index in [1.165, 1.54) is 0 Å². The van der Waals surface area contributed by atoms with Gasteiger partial charge in [0.15, 0.2) is 5.79 Å². The van der Waals surface area contributed by atoms with Gasteiger partial charge in [-0.2, -0.15) is 0 Å². The number of hydrogen-bond acceptors (Lipinski definition) is 3. The maximum Gasteiger partial charge on any atom is 0.194 e. The molecule has 1 aliphatic rings. The number of hydrogen-bond donors (Lipinski definition) is 0. The summed E-state index contributed by atoms with van der Waals surface area (Å²) in [5.74, 6) is -0.829. The second-order valence-electron chi connectivity index (χ2n) is 4.08. The third-order valence-electron chi connectivity index (χ3n) is 2.71. The first-order valence-electron chi connectivity index (χ1n) is 5.31. The lowest BCUT2D eigenvalue weighted by Crippen LogP contribution is -2.25. The highest BCUT2D eigenvalue weighted by atomic mass is 35.5. The van der Waals surface area contributed by atoms with E-state index in [0.29, 0.717) is 23.3 Å². The van der Waals surface area contributed by atoms with Crippen molar-refractivity contribution in [3.63, 3.8) is 0 Å². The summed E-state index contributed by atoms with van der Waals surface area (Å²) >= 11 is 12.0. The first-order chi connectivity index (χ1) is 8.05. The molecule has 1 saturated heterocycles. The normalized spacial score (nSPS) is 28.6. The molecule has 1 fully saturated rings. The van der Waals surface area contributed by atoms with Crippen LogP contribution in [0.5, 0.6) is 0 Å². The number of rotatable bonds is 3. The summed E-state index contributed by atoms with van der Waals surface area (Å²) in [4.78, 5) is 0. The van der Waals surface area contributed by atoms with Gasteiger partial charge < -0.3 is 14.2 Å². The van der Waals surface area contributed by atoms with Gasteiger partial charge >= 0.3 is 0 Å². The van der Waals surface area contributed by atoms with Crippen LogP contribution in [0.15, 0.2) is 18.2 Å². The summed E-state index contributed by atoms with van der Waals surface area (Å²) in [7, 11) is 1.63. The third kappa shape index (κ3) is 2.75. The Balaban J connectivity index is 2.21. The molecule has 3 nitrogen and oxygen atoms in total. The molecule has 2 unspecified atom stereocenters. The molecule has 2 rings (SSSR count). The smallest absolute Gasteiger partial charge is 0.194 e. The highest BCUT2D eigenvalue weighted by Gasteiger charge is 2.40. The molecular formula is C12H14Cl2O3. The van der Waals surface area contributed by atoms with Crippen LogP contribution in [-0.4, -0.2) is 26.4 Å². The number of methoxy groups -OCH3 is 1. The molecule has 1 aromatic rings. The Morgan fingerprint density at radius 3 is 2.88 bits per heavy atom. The lowest BCUT2D eigenvalue weighted by atomic mass is 10.1. The summed E-state index contributed by atoms with van der Waals surface area (Å²) in [6.45, 7) is 2.84. The van der Waals surface area contributed by atoms with Crippen molar-refractivity contribution in [3.05, 3.63) is 33.8 Å². The minimum Gasteiger partial charge on any atom is -0.382 e. The van der Waals surface area contributed by atoms with Crippen LogP contribution in [0.25, 0.3) is 0 Å². The summed E-state index contributed by atoms with van der Waals surface area (Å²) in [6, 6.07) is 5.27. The molecule has 0 bridgehead atoms. The van der Waals surface area contributed by atoms with E-state index in [9.17, 15) is 0 Å². The zero-order valence-electron chi connectivity index (χ0n) is 9.70. The third-order valence-corrected chi connectivity index (χ3v) is 3.26. The fourth-order valence-corrected chi connectivity index (χ4v) is 2.49. The Labute approximate surface area is 111 Å². The first kappa shape index (κ1) is 13.1. The van der Waals surface area contributed by atoms with E-state index in [0.717, 1.165) is 5.56 Å². The van der Waals surface area contributed by atoms with Crippen LogP contribution in [0, 0.1) is 0 Å². The highest BCUT2D eigenvalue weighted by Crippen LogP contribution is 2.38. The molecule has 0 aromatic heterocycles. The van der Waals surface area contributed by atoms with Crippen LogP contribution < -0.4 is 0 Å². The van der Waals surface area contributed by atoms with Crippen LogP contribution in [0.4, 0.5) is 0 Å². The van der Waals surface area contributed by atoms with Crippen LogP contribution >= 0.6 is 23.2 Å². The molecule has 0 radical (unpaired) electrons. The van der Waals surface area contributed by atoms with Crippen molar-refractivity contribution in [2.24, 2.45) is 0 Å². The lowest BCUT2D eigenvalue weighted by Gasteiger charge is -2.24. The van der Waals surface area contributed by atoms with E-state index in [4.69, 9.17) is 37.4 Å². The van der Waals surface area contributed by atoms with Gasteiger partial charge in [0.05, 0.1) is 18.2 Å². The molecule has 1 aliphatic heterocycles. The average Bonchev–Trinajstić information content (AvgIpc) is 2.61. The molecule has 1 heterocycles. The standard InChI is InChI=1S/C12H14Cl2O3/c1-12(16-7-9(17-12)6-15-2)10-4-3-8(13)5-11(10)14/h3-5,9H,6-7H2,1-2H3. The summed E-state index contributed by atoms with van der Waals surface area (Å²) in [5.41, 5.74) is 0.780. The quantitative estimate of drug-likeness (QED) is 0.849. The van der Waals surface area contributed by atoms with Gasteiger partial charge in [-0.3, -0.25) is 0 Å². The summed E-state index contributed by atoms with van der Waals surface area (Å²) < 4.78 is 16.5. The zero-order chi connectivity index (χ0) is 12.5. The minimum atomic E-state index is -0.829. The summed E-state index contributed by atoms with van der Waals surface area (Å²) in [6.07, 6.45) is -0.0725. The molecule has 1 aromatic carbocycles. The monoisotopic (exact) mass is 276 g/mol. The van der Waals surface area contributed by atoms with Crippen molar-refractivity contribution in [2.75, 3.05) is 20.3 Å². The Hall–Kier alpha value is -0.320. The van der Waals surface area contributed by atoms with Crippen LogP contribution in [0.2, 0.25) is 10.0 Å². The van der Waals surface area contributed by atoms with Crippen molar-refractivity contribution in [1.29, 1.82) is 0 Å². The molecular weight excluding hydrogens is 263 g/mol. The topological polar surface area (TPSA) is 27.7 Å². The zero-order valence-corrected chi connectivity index (χ0v) is 11.2. The Morgan fingerprint density at radius 1 is 1.47 bits per heavy atom. The van der Waals surface area contributed by atoms with Crippen LogP contribution in [0.3, 0.4) is 0 Å². The van der Waals surface area contributed by atoms with Crippen LogP contribution in [-0.2, 0) is 20.0 Å². The second kappa shape index (κ2) is 5.12. The Bertz CT molecular complexity index is 411. The maximum absolute atomic E-state index is 6.15. The average molecular weight is 277 g/mol. The highest BCUT2D eigenvalue weighted by molar-refractivity contribution is 6.35. The van der Waals surface area contributed by atoms with Crippen molar-refractivity contribution in [1.82, 2.24) is 0 Å². The number of ether oxygens (including phenoxy) is 3. The molecule has 94 valence electrons. The fourth-order valence-electron chi connectivity index (χ4n) is 1.91. The molecule has 0 saturated carbocycles. The van der Waals surface area contributed by atoms with Crippen molar-refractivity contribution in [2.45, 2.75) is 18.8 Å². The van der Waals surface area contributed by atoms with Crippen molar-refractivity contribution < 1.29 is 14.2 Å². The van der Waals surface area contributed by atoms with Gasteiger partial charge in [-0.15, -0.1) is 0 Å². The lowest BCUT2D eigenvalue weighted by molar-refractivity contribution is -0.166. The van der Waals surface area contributed by atoms with Crippen LogP contribution in [0.1, 0.15) is 12.5 Å². The van der Waals surface area contributed by atoms with Crippen molar-refractivity contribution >= 4 is 23.2 Å². The molecule has 0 spiro atoms. The SMILES string of the molecule is COCC1COC(C)(c2ccc(Cl)cc2Cl)O1. The van der Waals surface area contributed by atoms with Gasteiger partial charge in [0, 0.05) is 17.7 Å². The number of benzene rings is 1. The number of halogens is 2. The predicted molar refractivity (Wildman–Crippen MR) is 66.5 cm³/mol. The second-order valence-corrected chi connectivity index (χ2v) is 4.92. The van der Waals surface area contributed by atoms with Gasteiger partial charge in [-0.1, -0.05) is 29.3 Å². The minimum absolute atomic E-state index is 0.0725. The molecule has 0 aliphatic carbocycles. The maximum atomic E-state index is 6.15. The molecule has 5 heteroatoms. The predicted octanol–water partition coefficient (Wildman–Crippen LogP) is 3.23. The fraction of sp³-hybridized carbons (Fsp3) is 0.500. The molecule has 0 amide bonds. The van der Waals surface area contributed by atoms with E-state index < -0.39 is 5.79 Å². The van der Waals surface area contributed by atoms with Crippen molar-refractivity contribution in [3.8, 4) is 0 Å². The van der Waals surface area contributed by atoms with E-state index in [-0.39, 0.29) is 6.10 Å². The van der Waals surface area contributed by atoms with E-state index >= 15 is 0 Å². The molecule has 17 heavy (non-hydrogen) atoms. The van der Waals surface area contributed by atoms with Gasteiger partial charge in [0.1, 0.15) is 6.10 Å². The van der Waals surface area contributed by atoms with E-state index in [1.54, 1.807) is 19.2 Å². The first-order valence-corrected chi connectivity index (χ1v) is 6.07. The Kier molecular flexibility index (Phi) is 3.95. The Morgan fingerprint density at radius 2 is 2.24 bits per heavy atom. The van der Waals surface area contributed by atoms with Gasteiger partial charge in [0.2, 0.25) is 0 Å². The molecule has 0 N–H and O–H groups in total. The summed E-state index contributed by atoms with van der Waals surface area (Å²) in [5, 5.41) is 1.13. The van der Waals surface area contributed by atoms with Gasteiger partial charge in [0.25, 0.3) is 0 Å². The van der Waals surface area contributed by atoms with Gasteiger partial charge in [-0.25, -0.2) is 0 Å². The van der Waals surface area contributed by atoms with Gasteiger partial charge in [-0.05, 0) is 19.1 Å². The largest absolute Gasteiger partial charge is 0.382 e.